The van der Waals surface area contributed by atoms with Crippen molar-refractivity contribution in [2.24, 2.45) is 0 Å². The van der Waals surface area contributed by atoms with Gasteiger partial charge in [-0.15, -0.1) is 0 Å². The molecule has 1 N–H and O–H groups in total. The minimum Gasteiger partial charge on any atom is -0.491 e. The molecule has 178 valence electrons. The van der Waals surface area contributed by atoms with E-state index in [1.807, 2.05) is 43.0 Å². The highest BCUT2D eigenvalue weighted by molar-refractivity contribution is 5.98. The van der Waals surface area contributed by atoms with E-state index in [2.05, 4.69) is 60.7 Å². The number of aliphatic hydroxyl groups is 1. The lowest BCUT2D eigenvalue weighted by Gasteiger charge is -2.20. The van der Waals surface area contributed by atoms with Crippen LogP contribution < -0.4 is 4.74 Å². The van der Waals surface area contributed by atoms with Crippen LogP contribution in [-0.4, -0.2) is 42.2 Å². The molecule has 34 heavy (non-hydrogen) atoms. The first kappa shape index (κ1) is 25.3. The van der Waals surface area contributed by atoms with Gasteiger partial charge in [-0.05, 0) is 66.7 Å². The van der Waals surface area contributed by atoms with Crippen molar-refractivity contribution in [1.29, 1.82) is 0 Å². The maximum absolute atomic E-state index is 12.6. The molecule has 1 amide bonds. The van der Waals surface area contributed by atoms with Crippen molar-refractivity contribution in [3.63, 3.8) is 0 Å². The first-order chi connectivity index (χ1) is 16.7. The number of amides is 1. The summed E-state index contributed by atoms with van der Waals surface area (Å²) in [5.74, 6) is 0.945. The summed E-state index contributed by atoms with van der Waals surface area (Å²) in [5.41, 5.74) is 5.79. The number of ether oxygens (including phenoxy) is 1. The number of nitrogens with zero attached hydrogens (tertiary/aromatic N) is 1. The molecule has 0 fully saturated rings. The maximum atomic E-state index is 12.6. The molecule has 3 aromatic rings. The molecule has 0 bridgehead atoms. The monoisotopic (exact) mass is 457 g/mol. The predicted molar refractivity (Wildman–Crippen MR) is 140 cm³/mol. The van der Waals surface area contributed by atoms with Crippen molar-refractivity contribution in [2.45, 2.75) is 33.1 Å². The van der Waals surface area contributed by atoms with Crippen LogP contribution in [0.2, 0.25) is 0 Å². The first-order valence-electron chi connectivity index (χ1n) is 12.1. The van der Waals surface area contributed by atoms with Gasteiger partial charge in [-0.2, -0.15) is 0 Å². The van der Waals surface area contributed by atoms with Crippen LogP contribution >= 0.6 is 0 Å². The molecule has 0 unspecified atom stereocenters. The summed E-state index contributed by atoms with van der Waals surface area (Å²) in [4.78, 5) is 14.5. The van der Waals surface area contributed by atoms with Crippen LogP contribution in [0.3, 0.4) is 0 Å². The summed E-state index contributed by atoms with van der Waals surface area (Å²) in [6.07, 6.45) is 2.12. The zero-order chi connectivity index (χ0) is 24.2. The third-order valence-corrected chi connectivity index (χ3v) is 5.92. The Balaban J connectivity index is 2.02. The van der Waals surface area contributed by atoms with Gasteiger partial charge >= 0.3 is 0 Å². The van der Waals surface area contributed by atoms with Gasteiger partial charge in [0.2, 0.25) is 5.91 Å². The average molecular weight is 458 g/mol. The van der Waals surface area contributed by atoms with E-state index in [1.54, 1.807) is 0 Å². The Labute approximate surface area is 203 Å². The number of hydrogen-bond acceptors (Lipinski definition) is 3. The van der Waals surface area contributed by atoms with Gasteiger partial charge in [-0.3, -0.25) is 4.79 Å². The van der Waals surface area contributed by atoms with Crippen molar-refractivity contribution in [3.8, 4) is 5.75 Å². The lowest BCUT2D eigenvalue weighted by Crippen LogP contribution is -2.30. The topological polar surface area (TPSA) is 49.8 Å². The van der Waals surface area contributed by atoms with E-state index in [0.717, 1.165) is 53.9 Å². The molecule has 0 aliphatic rings. The van der Waals surface area contributed by atoms with Gasteiger partial charge in [0.25, 0.3) is 0 Å². The zero-order valence-electron chi connectivity index (χ0n) is 20.2. The number of carbonyl (C=O) groups excluding carboxylic acids is 1. The van der Waals surface area contributed by atoms with Gasteiger partial charge in [0, 0.05) is 19.5 Å². The Morgan fingerprint density at radius 3 is 1.88 bits per heavy atom. The normalized spacial score (nSPS) is 11.6. The standard InChI is InChI=1S/C30H35NO3/c1-3-31(4-2)29(33)17-11-16-28(24-12-7-5-8-13-24)30(25-14-9-6-10-15-25)26-18-20-27(21-19-26)34-23-22-32/h5-10,12-15,18-21,32H,3-4,11,16-17,22-23H2,1-2H3/b30-28-. The fourth-order valence-corrected chi connectivity index (χ4v) is 4.21. The Kier molecular flexibility index (Phi) is 9.93. The minimum atomic E-state index is -0.0126. The van der Waals surface area contributed by atoms with Crippen LogP contribution in [0.25, 0.3) is 11.1 Å². The fraction of sp³-hybridized carbons (Fsp3) is 0.300. The van der Waals surface area contributed by atoms with E-state index in [0.29, 0.717) is 6.42 Å². The van der Waals surface area contributed by atoms with E-state index in [-0.39, 0.29) is 19.1 Å². The molecule has 4 heteroatoms. The Hall–Kier alpha value is -3.37. The number of rotatable bonds is 12. The van der Waals surface area contributed by atoms with Crippen LogP contribution in [-0.2, 0) is 4.79 Å². The molecular weight excluding hydrogens is 422 g/mol. The number of benzene rings is 3. The molecule has 0 aliphatic heterocycles. The SMILES string of the molecule is CCN(CC)C(=O)CCC/C(=C(\c1ccccc1)c1ccc(OCCO)cc1)c1ccccc1. The third-order valence-electron chi connectivity index (χ3n) is 5.92. The van der Waals surface area contributed by atoms with Gasteiger partial charge < -0.3 is 14.7 Å². The third kappa shape index (κ3) is 6.82. The summed E-state index contributed by atoms with van der Waals surface area (Å²) in [7, 11) is 0. The van der Waals surface area contributed by atoms with Gasteiger partial charge in [-0.1, -0.05) is 72.8 Å². The molecule has 3 rings (SSSR count). The lowest BCUT2D eigenvalue weighted by atomic mass is 9.87. The number of allylic oxidation sites excluding steroid dienone is 1. The smallest absolute Gasteiger partial charge is 0.222 e. The van der Waals surface area contributed by atoms with E-state index < -0.39 is 0 Å². The van der Waals surface area contributed by atoms with Gasteiger partial charge in [0.15, 0.2) is 0 Å². The summed E-state index contributed by atoms with van der Waals surface area (Å²) < 4.78 is 5.57. The minimum absolute atomic E-state index is 0.0126. The summed E-state index contributed by atoms with van der Waals surface area (Å²) in [5, 5.41) is 9.05. The van der Waals surface area contributed by atoms with Crippen LogP contribution in [0, 0.1) is 0 Å². The highest BCUT2D eigenvalue weighted by Gasteiger charge is 2.16. The number of carbonyl (C=O) groups is 1. The molecule has 0 saturated carbocycles. The Bertz CT molecular complexity index is 1040. The average Bonchev–Trinajstić information content (AvgIpc) is 2.89. The van der Waals surface area contributed by atoms with Crippen LogP contribution in [0.5, 0.6) is 5.75 Å². The zero-order valence-corrected chi connectivity index (χ0v) is 20.2. The molecule has 4 nitrogen and oxygen atoms in total. The second-order valence-electron chi connectivity index (χ2n) is 8.10. The number of aliphatic hydroxyl groups excluding tert-OH is 1. The van der Waals surface area contributed by atoms with Gasteiger partial charge in [0.1, 0.15) is 12.4 Å². The molecule has 0 atom stereocenters. The lowest BCUT2D eigenvalue weighted by molar-refractivity contribution is -0.130. The largest absolute Gasteiger partial charge is 0.491 e. The van der Waals surface area contributed by atoms with Crippen molar-refractivity contribution in [3.05, 3.63) is 102 Å². The molecule has 0 spiro atoms. The molecule has 0 heterocycles. The summed E-state index contributed by atoms with van der Waals surface area (Å²) in [6, 6.07) is 28.9. The highest BCUT2D eigenvalue weighted by atomic mass is 16.5. The van der Waals surface area contributed by atoms with Gasteiger partial charge in [-0.25, -0.2) is 0 Å². The van der Waals surface area contributed by atoms with Gasteiger partial charge in [0.05, 0.1) is 6.61 Å². The molecule has 0 radical (unpaired) electrons. The quantitative estimate of drug-likeness (QED) is 0.337. The van der Waals surface area contributed by atoms with Crippen molar-refractivity contribution in [2.75, 3.05) is 26.3 Å². The maximum Gasteiger partial charge on any atom is 0.222 e. The predicted octanol–water partition coefficient (Wildman–Crippen LogP) is 6.06. The molecular formula is C30H35NO3. The summed E-state index contributed by atoms with van der Waals surface area (Å²) in [6.45, 7) is 5.81. The van der Waals surface area contributed by atoms with Crippen LogP contribution in [0.15, 0.2) is 84.9 Å². The summed E-state index contributed by atoms with van der Waals surface area (Å²) >= 11 is 0. The second kappa shape index (κ2) is 13.4. The highest BCUT2D eigenvalue weighted by Crippen LogP contribution is 2.36. The van der Waals surface area contributed by atoms with E-state index in [1.165, 1.54) is 5.57 Å². The molecule has 0 aromatic heterocycles. The van der Waals surface area contributed by atoms with E-state index in [9.17, 15) is 4.79 Å². The number of hydrogen-bond donors (Lipinski definition) is 1. The molecule has 0 saturated heterocycles. The van der Waals surface area contributed by atoms with E-state index >= 15 is 0 Å². The Morgan fingerprint density at radius 1 is 0.765 bits per heavy atom. The Morgan fingerprint density at radius 2 is 1.32 bits per heavy atom. The van der Waals surface area contributed by atoms with E-state index in [4.69, 9.17) is 9.84 Å². The molecule has 0 aliphatic carbocycles. The van der Waals surface area contributed by atoms with Crippen LogP contribution in [0.4, 0.5) is 0 Å². The van der Waals surface area contributed by atoms with Crippen molar-refractivity contribution >= 4 is 17.1 Å². The van der Waals surface area contributed by atoms with Crippen molar-refractivity contribution in [1.82, 2.24) is 4.90 Å². The van der Waals surface area contributed by atoms with Crippen LogP contribution in [0.1, 0.15) is 49.8 Å². The molecule has 3 aromatic carbocycles. The fourth-order valence-electron chi connectivity index (χ4n) is 4.21. The van der Waals surface area contributed by atoms with Crippen molar-refractivity contribution < 1.29 is 14.6 Å². The second-order valence-corrected chi connectivity index (χ2v) is 8.10. The first-order valence-corrected chi connectivity index (χ1v) is 12.1.